The van der Waals surface area contributed by atoms with Crippen molar-refractivity contribution in [2.75, 3.05) is 13.7 Å². The lowest BCUT2D eigenvalue weighted by Gasteiger charge is -2.34. The number of nitrogens with zero attached hydrogens (tertiary/aromatic N) is 5. The Morgan fingerprint density at radius 3 is 2.87 bits per heavy atom. The molecule has 0 unspecified atom stereocenters. The van der Waals surface area contributed by atoms with Crippen molar-refractivity contribution in [1.82, 2.24) is 19.8 Å². The van der Waals surface area contributed by atoms with Crippen LogP contribution in [0.25, 0.3) is 0 Å². The Labute approximate surface area is 174 Å². The van der Waals surface area contributed by atoms with E-state index >= 15 is 0 Å². The molecular weight excluding hydrogens is 386 g/mol. The quantitative estimate of drug-likeness (QED) is 0.437. The van der Waals surface area contributed by atoms with Gasteiger partial charge in [0.1, 0.15) is 25.4 Å². The SMILES string of the molecule is Cc1cccc([C@]2(Cn3cncn3)C[C@@H](COc3ccccc3[N+](=O)[O-])ON2C)c1. The van der Waals surface area contributed by atoms with Gasteiger partial charge in [-0.25, -0.2) is 4.98 Å². The second-order valence-corrected chi connectivity index (χ2v) is 7.46. The molecule has 1 aliphatic heterocycles. The molecule has 2 aromatic carbocycles. The Morgan fingerprint density at radius 1 is 1.30 bits per heavy atom. The molecule has 4 rings (SSSR count). The van der Waals surface area contributed by atoms with Crippen molar-refractivity contribution >= 4 is 5.69 Å². The normalized spacial score (nSPS) is 21.6. The number of hydrogen-bond acceptors (Lipinski definition) is 7. The zero-order valence-electron chi connectivity index (χ0n) is 16.8. The third-order valence-electron chi connectivity index (χ3n) is 5.41. The monoisotopic (exact) mass is 409 g/mol. The smallest absolute Gasteiger partial charge is 0.310 e. The van der Waals surface area contributed by atoms with Gasteiger partial charge in [-0.3, -0.25) is 19.6 Å². The number of hydroxylamine groups is 2. The molecule has 1 aliphatic rings. The summed E-state index contributed by atoms with van der Waals surface area (Å²) in [6.07, 6.45) is 3.55. The van der Waals surface area contributed by atoms with Gasteiger partial charge in [-0.05, 0) is 18.6 Å². The van der Waals surface area contributed by atoms with Crippen LogP contribution in [0.2, 0.25) is 0 Å². The highest BCUT2D eigenvalue weighted by Crippen LogP contribution is 2.41. The van der Waals surface area contributed by atoms with E-state index in [-0.39, 0.29) is 24.1 Å². The first-order chi connectivity index (χ1) is 14.5. The molecule has 9 heteroatoms. The third kappa shape index (κ3) is 3.89. The van der Waals surface area contributed by atoms with Crippen LogP contribution < -0.4 is 4.74 Å². The fraction of sp³-hybridized carbons (Fsp3) is 0.333. The average molecular weight is 409 g/mol. The van der Waals surface area contributed by atoms with Crippen LogP contribution in [0.3, 0.4) is 0 Å². The molecule has 2 atom stereocenters. The number of nitro groups is 1. The maximum atomic E-state index is 11.2. The first kappa shape index (κ1) is 20.0. The van der Waals surface area contributed by atoms with Gasteiger partial charge in [0, 0.05) is 19.5 Å². The first-order valence-electron chi connectivity index (χ1n) is 9.64. The Hall–Kier alpha value is -3.30. The van der Waals surface area contributed by atoms with Crippen molar-refractivity contribution in [2.45, 2.75) is 31.5 Å². The predicted molar refractivity (Wildman–Crippen MR) is 109 cm³/mol. The number of aryl methyl sites for hydroxylation is 1. The molecule has 0 bridgehead atoms. The molecule has 156 valence electrons. The number of para-hydroxylation sites is 2. The summed E-state index contributed by atoms with van der Waals surface area (Å²) in [5.41, 5.74) is 1.72. The second-order valence-electron chi connectivity index (χ2n) is 7.46. The van der Waals surface area contributed by atoms with E-state index < -0.39 is 10.5 Å². The van der Waals surface area contributed by atoms with E-state index in [1.807, 2.05) is 18.2 Å². The Balaban J connectivity index is 1.58. The molecule has 1 aromatic heterocycles. The summed E-state index contributed by atoms with van der Waals surface area (Å²) < 4.78 is 7.58. The van der Waals surface area contributed by atoms with Crippen LogP contribution in [-0.4, -0.2) is 44.5 Å². The summed E-state index contributed by atoms with van der Waals surface area (Å²) in [5, 5.41) is 17.4. The minimum Gasteiger partial charge on any atom is -0.484 e. The summed E-state index contributed by atoms with van der Waals surface area (Å²) in [4.78, 5) is 21.0. The maximum absolute atomic E-state index is 11.2. The Morgan fingerprint density at radius 2 is 2.13 bits per heavy atom. The zero-order chi connectivity index (χ0) is 21.1. The number of aromatic nitrogens is 3. The van der Waals surface area contributed by atoms with Gasteiger partial charge in [0.15, 0.2) is 5.75 Å². The Kier molecular flexibility index (Phi) is 5.47. The average Bonchev–Trinajstić information content (AvgIpc) is 3.35. The lowest BCUT2D eigenvalue weighted by Crippen LogP contribution is -2.42. The number of hydrogen-bond donors (Lipinski definition) is 0. The van der Waals surface area contributed by atoms with Gasteiger partial charge >= 0.3 is 5.69 Å². The van der Waals surface area contributed by atoms with Crippen LogP contribution in [0, 0.1) is 17.0 Å². The molecule has 1 saturated heterocycles. The van der Waals surface area contributed by atoms with Crippen LogP contribution >= 0.6 is 0 Å². The van der Waals surface area contributed by atoms with E-state index in [0.717, 1.165) is 11.1 Å². The molecule has 30 heavy (non-hydrogen) atoms. The van der Waals surface area contributed by atoms with Crippen LogP contribution in [-0.2, 0) is 16.9 Å². The fourth-order valence-corrected chi connectivity index (χ4v) is 3.94. The molecule has 0 amide bonds. The molecule has 0 spiro atoms. The van der Waals surface area contributed by atoms with Gasteiger partial charge in [-0.1, -0.05) is 42.0 Å². The minimum absolute atomic E-state index is 0.0589. The fourth-order valence-electron chi connectivity index (χ4n) is 3.94. The highest BCUT2D eigenvalue weighted by atomic mass is 16.7. The van der Waals surface area contributed by atoms with Crippen molar-refractivity contribution in [2.24, 2.45) is 0 Å². The first-order valence-corrected chi connectivity index (χ1v) is 9.64. The van der Waals surface area contributed by atoms with Gasteiger partial charge in [0.2, 0.25) is 0 Å². The molecule has 0 radical (unpaired) electrons. The van der Waals surface area contributed by atoms with Gasteiger partial charge < -0.3 is 4.74 Å². The number of nitro benzene ring substituents is 1. The molecule has 0 N–H and O–H groups in total. The standard InChI is InChI=1S/C21H23N5O4/c1-16-6-5-7-17(10-16)21(13-25-15-22-14-23-25)11-18(30-24(21)2)12-29-20-9-4-3-8-19(20)26(27)28/h3-10,14-15,18H,11-13H2,1-2H3/t18-,21+/m0/s1. The van der Waals surface area contributed by atoms with Gasteiger partial charge in [-0.2, -0.15) is 10.2 Å². The molecular formula is C21H23N5O4. The lowest BCUT2D eigenvalue weighted by atomic mass is 9.84. The van der Waals surface area contributed by atoms with Crippen molar-refractivity contribution in [3.63, 3.8) is 0 Å². The second kappa shape index (κ2) is 8.21. The summed E-state index contributed by atoms with van der Waals surface area (Å²) in [5.74, 6) is 0.234. The minimum atomic E-state index is -0.476. The van der Waals surface area contributed by atoms with E-state index in [2.05, 4.69) is 35.2 Å². The van der Waals surface area contributed by atoms with Crippen LogP contribution in [0.1, 0.15) is 17.5 Å². The van der Waals surface area contributed by atoms with E-state index in [4.69, 9.17) is 9.57 Å². The molecule has 9 nitrogen and oxygen atoms in total. The van der Waals surface area contributed by atoms with E-state index in [0.29, 0.717) is 13.0 Å². The summed E-state index contributed by atoms with van der Waals surface area (Å²) in [6.45, 7) is 2.80. The number of benzene rings is 2. The predicted octanol–water partition coefficient (Wildman–Crippen LogP) is 3.10. The molecule has 0 aliphatic carbocycles. The zero-order valence-corrected chi connectivity index (χ0v) is 16.8. The third-order valence-corrected chi connectivity index (χ3v) is 5.41. The molecule has 3 aromatic rings. The van der Waals surface area contributed by atoms with Gasteiger partial charge in [0.25, 0.3) is 0 Å². The maximum Gasteiger partial charge on any atom is 0.310 e. The van der Waals surface area contributed by atoms with Crippen molar-refractivity contribution in [1.29, 1.82) is 0 Å². The summed E-state index contributed by atoms with van der Waals surface area (Å²) >= 11 is 0. The highest BCUT2D eigenvalue weighted by molar-refractivity contribution is 5.45. The van der Waals surface area contributed by atoms with E-state index in [1.165, 1.54) is 12.4 Å². The lowest BCUT2D eigenvalue weighted by molar-refractivity contribution is -0.386. The van der Waals surface area contributed by atoms with E-state index in [9.17, 15) is 10.1 Å². The molecule has 2 heterocycles. The summed E-state index contributed by atoms with van der Waals surface area (Å²) in [7, 11) is 1.89. The number of ether oxygens (including phenoxy) is 1. The molecule has 1 fully saturated rings. The highest BCUT2D eigenvalue weighted by Gasteiger charge is 2.47. The number of rotatable bonds is 7. The van der Waals surface area contributed by atoms with Crippen molar-refractivity contribution in [3.8, 4) is 5.75 Å². The largest absolute Gasteiger partial charge is 0.484 e. The van der Waals surface area contributed by atoms with Gasteiger partial charge in [-0.15, -0.1) is 0 Å². The van der Waals surface area contributed by atoms with E-state index in [1.54, 1.807) is 29.2 Å². The van der Waals surface area contributed by atoms with Crippen molar-refractivity contribution < 1.29 is 14.5 Å². The Bertz CT molecular complexity index is 1030. The summed E-state index contributed by atoms with van der Waals surface area (Å²) in [6, 6.07) is 14.7. The molecule has 0 saturated carbocycles. The van der Waals surface area contributed by atoms with Crippen molar-refractivity contribution in [3.05, 3.63) is 82.4 Å². The van der Waals surface area contributed by atoms with Gasteiger partial charge in [0.05, 0.1) is 17.0 Å². The van der Waals surface area contributed by atoms with Crippen LogP contribution in [0.5, 0.6) is 5.75 Å². The number of likely N-dealkylation sites (N-methyl/N-ethyl adjacent to an activating group) is 1. The van der Waals surface area contributed by atoms with Crippen LogP contribution in [0.4, 0.5) is 5.69 Å². The topological polar surface area (TPSA) is 95.5 Å². The van der Waals surface area contributed by atoms with Crippen LogP contribution in [0.15, 0.2) is 61.2 Å².